The maximum Gasteiger partial charge on any atom is 0.0547 e. The Kier molecular flexibility index (Phi) is 5.31. The van der Waals surface area contributed by atoms with Crippen LogP contribution in [0.4, 0.5) is 0 Å². The first-order valence-corrected chi connectivity index (χ1v) is 15.9. The second-order valence-electron chi connectivity index (χ2n) is 12.2. The van der Waals surface area contributed by atoms with Crippen molar-refractivity contribution in [3.63, 3.8) is 0 Å². The van der Waals surface area contributed by atoms with E-state index in [2.05, 4.69) is 179 Å². The summed E-state index contributed by atoms with van der Waals surface area (Å²) in [5.41, 5.74) is 9.74. The number of aromatic nitrogens is 2. The highest BCUT2D eigenvalue weighted by Gasteiger charge is 2.16. The molecular weight excluding hydrogens is 556 g/mol. The van der Waals surface area contributed by atoms with Gasteiger partial charge in [-0.05, 0) is 99.4 Å². The SMILES string of the molecule is c1ccc(-n2c3ccccc3c3cc(-c4ccc5c(ccc6cc7c(cc65)c5ccccc5n7-c5ccccc5)c4)ccc32)cc1. The fourth-order valence-electron chi connectivity index (χ4n) is 7.57. The van der Waals surface area contributed by atoms with Crippen LogP contribution in [0.3, 0.4) is 0 Å². The van der Waals surface area contributed by atoms with Crippen molar-refractivity contribution in [2.24, 2.45) is 0 Å². The van der Waals surface area contributed by atoms with Gasteiger partial charge >= 0.3 is 0 Å². The van der Waals surface area contributed by atoms with E-state index in [0.717, 1.165) is 0 Å². The minimum atomic E-state index is 1.18. The number of benzene rings is 8. The monoisotopic (exact) mass is 584 g/mol. The highest BCUT2D eigenvalue weighted by Crippen LogP contribution is 2.39. The molecule has 0 aliphatic carbocycles. The number of rotatable bonds is 3. The lowest BCUT2D eigenvalue weighted by atomic mass is 9.95. The molecule has 0 fully saturated rings. The average molecular weight is 585 g/mol. The van der Waals surface area contributed by atoms with Gasteiger partial charge in [0.15, 0.2) is 0 Å². The minimum Gasteiger partial charge on any atom is -0.309 e. The molecule has 0 unspecified atom stereocenters. The zero-order valence-corrected chi connectivity index (χ0v) is 25.1. The highest BCUT2D eigenvalue weighted by atomic mass is 15.0. The molecule has 46 heavy (non-hydrogen) atoms. The van der Waals surface area contributed by atoms with Crippen molar-refractivity contribution in [1.82, 2.24) is 9.13 Å². The second kappa shape index (κ2) is 9.69. The van der Waals surface area contributed by atoms with E-state index >= 15 is 0 Å². The molecule has 2 heterocycles. The van der Waals surface area contributed by atoms with Gasteiger partial charge in [-0.2, -0.15) is 0 Å². The van der Waals surface area contributed by atoms with Gasteiger partial charge in [0.1, 0.15) is 0 Å². The Morgan fingerprint density at radius 2 is 0.761 bits per heavy atom. The number of hydrogen-bond acceptors (Lipinski definition) is 0. The Morgan fingerprint density at radius 1 is 0.261 bits per heavy atom. The third-order valence-corrected chi connectivity index (χ3v) is 9.66. The highest BCUT2D eigenvalue weighted by molar-refractivity contribution is 6.19. The fraction of sp³-hybridized carbons (Fsp3) is 0. The summed E-state index contributed by atoms with van der Waals surface area (Å²) in [4.78, 5) is 0. The van der Waals surface area contributed by atoms with Gasteiger partial charge < -0.3 is 9.13 Å². The van der Waals surface area contributed by atoms with Gasteiger partial charge in [0.2, 0.25) is 0 Å². The number of fused-ring (bicyclic) bond motifs is 9. The standard InChI is InChI=1S/C44H28N2/c1-3-11-33(12-4-1)45-41-17-9-7-15-36(41)39-26-30(22-24-43(39)45)29-21-23-35-31(25-29)19-20-32-27-44-40(28-38(32)35)37-16-8-10-18-42(37)46(44)34-13-5-2-6-14-34/h1-28H. The quantitative estimate of drug-likeness (QED) is 0.183. The molecule has 2 aromatic heterocycles. The molecule has 8 aromatic carbocycles. The molecule has 0 amide bonds. The summed E-state index contributed by atoms with van der Waals surface area (Å²) in [6, 6.07) is 62.0. The smallest absolute Gasteiger partial charge is 0.0547 e. The fourth-order valence-corrected chi connectivity index (χ4v) is 7.57. The third kappa shape index (κ3) is 3.65. The van der Waals surface area contributed by atoms with E-state index in [1.807, 2.05) is 0 Å². The Balaban J connectivity index is 1.16. The van der Waals surface area contributed by atoms with E-state index < -0.39 is 0 Å². The Hall–Kier alpha value is -6.12. The molecule has 0 spiro atoms. The van der Waals surface area contributed by atoms with E-state index in [-0.39, 0.29) is 0 Å². The maximum absolute atomic E-state index is 2.40. The van der Waals surface area contributed by atoms with Crippen molar-refractivity contribution >= 4 is 65.2 Å². The number of nitrogens with zero attached hydrogens (tertiary/aromatic N) is 2. The molecule has 0 bridgehead atoms. The second-order valence-corrected chi connectivity index (χ2v) is 12.2. The van der Waals surface area contributed by atoms with Crippen molar-refractivity contribution in [3.8, 4) is 22.5 Å². The normalized spacial score (nSPS) is 11.9. The number of para-hydroxylation sites is 4. The molecule has 0 radical (unpaired) electrons. The van der Waals surface area contributed by atoms with Crippen LogP contribution in [-0.4, -0.2) is 9.13 Å². The van der Waals surface area contributed by atoms with Gasteiger partial charge in [-0.15, -0.1) is 0 Å². The van der Waals surface area contributed by atoms with Gasteiger partial charge in [-0.25, -0.2) is 0 Å². The van der Waals surface area contributed by atoms with Crippen molar-refractivity contribution in [1.29, 1.82) is 0 Å². The minimum absolute atomic E-state index is 1.18. The molecule has 0 N–H and O–H groups in total. The third-order valence-electron chi connectivity index (χ3n) is 9.66. The zero-order valence-electron chi connectivity index (χ0n) is 25.1. The Bertz CT molecular complexity index is 2780. The van der Waals surface area contributed by atoms with Crippen molar-refractivity contribution in [2.45, 2.75) is 0 Å². The Labute approximate surface area is 266 Å². The van der Waals surface area contributed by atoms with Gasteiger partial charge in [0.05, 0.1) is 22.1 Å². The van der Waals surface area contributed by atoms with Gasteiger partial charge in [-0.3, -0.25) is 0 Å². The van der Waals surface area contributed by atoms with Crippen LogP contribution in [0.1, 0.15) is 0 Å². The number of hydrogen-bond donors (Lipinski definition) is 0. The van der Waals surface area contributed by atoms with E-state index in [9.17, 15) is 0 Å². The molecule has 2 heteroatoms. The molecule has 0 aliphatic heterocycles. The predicted molar refractivity (Wildman–Crippen MR) is 196 cm³/mol. The van der Waals surface area contributed by atoms with E-state index in [0.29, 0.717) is 0 Å². The molecule has 0 atom stereocenters. The molecule has 0 saturated carbocycles. The average Bonchev–Trinajstić information content (AvgIpc) is 3.63. The summed E-state index contributed by atoms with van der Waals surface area (Å²) in [5, 5.41) is 10.2. The molecule has 10 aromatic rings. The first kappa shape index (κ1) is 25.2. The van der Waals surface area contributed by atoms with Crippen LogP contribution in [-0.2, 0) is 0 Å². The molecule has 10 rings (SSSR count). The van der Waals surface area contributed by atoms with Crippen molar-refractivity contribution in [2.75, 3.05) is 0 Å². The van der Waals surface area contributed by atoms with E-state index in [1.165, 1.54) is 87.7 Å². The topological polar surface area (TPSA) is 9.86 Å². The van der Waals surface area contributed by atoms with Gasteiger partial charge in [0.25, 0.3) is 0 Å². The van der Waals surface area contributed by atoms with Crippen LogP contribution in [0.2, 0.25) is 0 Å². The molecule has 2 nitrogen and oxygen atoms in total. The lowest BCUT2D eigenvalue weighted by Crippen LogP contribution is -1.93. The lowest BCUT2D eigenvalue weighted by molar-refractivity contribution is 1.18. The molecular formula is C44H28N2. The van der Waals surface area contributed by atoms with Crippen LogP contribution in [0.15, 0.2) is 170 Å². The maximum atomic E-state index is 2.40. The Morgan fingerprint density at radius 3 is 1.43 bits per heavy atom. The van der Waals surface area contributed by atoms with Gasteiger partial charge in [0, 0.05) is 32.9 Å². The molecule has 0 aliphatic rings. The van der Waals surface area contributed by atoms with Crippen LogP contribution in [0, 0.1) is 0 Å². The van der Waals surface area contributed by atoms with E-state index in [1.54, 1.807) is 0 Å². The summed E-state index contributed by atoms with van der Waals surface area (Å²) < 4.78 is 4.76. The van der Waals surface area contributed by atoms with Crippen molar-refractivity contribution in [3.05, 3.63) is 170 Å². The summed E-state index contributed by atoms with van der Waals surface area (Å²) in [7, 11) is 0. The lowest BCUT2D eigenvalue weighted by Gasteiger charge is -2.11. The van der Waals surface area contributed by atoms with Crippen LogP contribution >= 0.6 is 0 Å². The van der Waals surface area contributed by atoms with Crippen molar-refractivity contribution < 1.29 is 0 Å². The first-order chi connectivity index (χ1) is 22.8. The summed E-state index contributed by atoms with van der Waals surface area (Å²) in [5.74, 6) is 0. The summed E-state index contributed by atoms with van der Waals surface area (Å²) >= 11 is 0. The van der Waals surface area contributed by atoms with Crippen LogP contribution < -0.4 is 0 Å². The summed E-state index contributed by atoms with van der Waals surface area (Å²) in [6.45, 7) is 0. The molecule has 0 saturated heterocycles. The first-order valence-electron chi connectivity index (χ1n) is 15.9. The van der Waals surface area contributed by atoms with E-state index in [4.69, 9.17) is 0 Å². The zero-order chi connectivity index (χ0) is 30.2. The van der Waals surface area contributed by atoms with Crippen LogP contribution in [0.5, 0.6) is 0 Å². The summed E-state index contributed by atoms with van der Waals surface area (Å²) in [6.07, 6.45) is 0. The van der Waals surface area contributed by atoms with Crippen LogP contribution in [0.25, 0.3) is 87.7 Å². The molecule has 214 valence electrons. The van der Waals surface area contributed by atoms with Gasteiger partial charge in [-0.1, -0.05) is 103 Å². The largest absolute Gasteiger partial charge is 0.309 e. The predicted octanol–water partition coefficient (Wildman–Crippen LogP) is 11.9.